The number of hydrogen-bond acceptors (Lipinski definition) is 4. The molecular formula is C15H21N3O3. The molecule has 1 aliphatic rings. The lowest BCUT2D eigenvalue weighted by Crippen LogP contribution is -2.51. The fourth-order valence-electron chi connectivity index (χ4n) is 2.98. The van der Waals surface area contributed by atoms with Crippen molar-refractivity contribution in [2.24, 2.45) is 5.73 Å². The third-order valence-electron chi connectivity index (χ3n) is 4.07. The zero-order valence-electron chi connectivity index (χ0n) is 12.4. The number of nitrogens with two attached hydrogens (primary N) is 1. The highest BCUT2D eigenvalue weighted by atomic mass is 16.6. The van der Waals surface area contributed by atoms with E-state index in [-0.39, 0.29) is 29.2 Å². The summed E-state index contributed by atoms with van der Waals surface area (Å²) in [5.41, 5.74) is 6.53. The molecule has 1 aromatic rings. The summed E-state index contributed by atoms with van der Waals surface area (Å²) in [4.78, 5) is 25.2. The number of likely N-dealkylation sites (tertiary alicyclic amines) is 1. The average molecular weight is 291 g/mol. The lowest BCUT2D eigenvalue weighted by atomic mass is 9.95. The topological polar surface area (TPSA) is 89.5 Å². The van der Waals surface area contributed by atoms with Gasteiger partial charge in [-0.3, -0.25) is 14.9 Å². The molecule has 0 saturated carbocycles. The van der Waals surface area contributed by atoms with Gasteiger partial charge in [0, 0.05) is 24.2 Å². The first-order valence-electron chi connectivity index (χ1n) is 7.24. The zero-order chi connectivity index (χ0) is 15.6. The summed E-state index contributed by atoms with van der Waals surface area (Å²) in [5, 5.41) is 11.3. The van der Waals surface area contributed by atoms with Crippen molar-refractivity contribution >= 4 is 11.6 Å². The number of nitrogens with zero attached hydrogens (tertiary/aromatic N) is 2. The van der Waals surface area contributed by atoms with Crippen molar-refractivity contribution in [3.8, 4) is 0 Å². The van der Waals surface area contributed by atoms with Crippen molar-refractivity contribution in [3.05, 3.63) is 39.4 Å². The molecule has 0 radical (unpaired) electrons. The first kappa shape index (κ1) is 15.4. The molecule has 0 spiro atoms. The van der Waals surface area contributed by atoms with Crippen LogP contribution in [0.2, 0.25) is 0 Å². The zero-order valence-corrected chi connectivity index (χ0v) is 12.4. The molecule has 1 amide bonds. The maximum Gasteiger partial charge on any atom is 0.285 e. The fraction of sp³-hybridized carbons (Fsp3) is 0.533. The molecule has 21 heavy (non-hydrogen) atoms. The standard InChI is InChI=1S/C15H21N3O3/c1-10-6-5-7-12(14(10)18(20)21)15(19)17-9-4-3-8-13(17)11(2)16/h5-7,11,13H,3-4,8-9,16H2,1-2H3. The highest BCUT2D eigenvalue weighted by Gasteiger charge is 2.33. The summed E-state index contributed by atoms with van der Waals surface area (Å²) in [6.07, 6.45) is 2.80. The van der Waals surface area contributed by atoms with Crippen LogP contribution in [0.25, 0.3) is 0 Å². The van der Waals surface area contributed by atoms with Gasteiger partial charge < -0.3 is 10.6 Å². The van der Waals surface area contributed by atoms with Crippen molar-refractivity contribution in [1.82, 2.24) is 4.90 Å². The number of carbonyl (C=O) groups excluding carboxylic acids is 1. The van der Waals surface area contributed by atoms with Crippen molar-refractivity contribution < 1.29 is 9.72 Å². The third-order valence-corrected chi connectivity index (χ3v) is 4.07. The highest BCUT2D eigenvalue weighted by molar-refractivity contribution is 5.99. The Balaban J connectivity index is 2.39. The Kier molecular flexibility index (Phi) is 4.57. The summed E-state index contributed by atoms with van der Waals surface area (Å²) in [5.74, 6) is -0.285. The molecule has 6 heteroatoms. The smallest absolute Gasteiger partial charge is 0.285 e. The van der Waals surface area contributed by atoms with Crippen molar-refractivity contribution in [3.63, 3.8) is 0 Å². The maximum atomic E-state index is 12.8. The van der Waals surface area contributed by atoms with Gasteiger partial charge in [0.05, 0.1) is 4.92 Å². The second kappa shape index (κ2) is 6.22. The SMILES string of the molecule is Cc1cccc(C(=O)N2CCCCC2C(C)N)c1[N+](=O)[O-]. The highest BCUT2D eigenvalue weighted by Crippen LogP contribution is 2.28. The predicted molar refractivity (Wildman–Crippen MR) is 80.2 cm³/mol. The number of nitro benzene ring substituents is 1. The van der Waals surface area contributed by atoms with Gasteiger partial charge in [-0.15, -0.1) is 0 Å². The molecule has 2 atom stereocenters. The minimum absolute atomic E-state index is 0.0497. The Morgan fingerprint density at radius 3 is 2.81 bits per heavy atom. The van der Waals surface area contributed by atoms with E-state index in [1.165, 1.54) is 6.07 Å². The van der Waals surface area contributed by atoms with Crippen LogP contribution in [0.5, 0.6) is 0 Å². The Morgan fingerprint density at radius 1 is 1.48 bits per heavy atom. The quantitative estimate of drug-likeness (QED) is 0.683. The van der Waals surface area contributed by atoms with Gasteiger partial charge in [-0.2, -0.15) is 0 Å². The van der Waals surface area contributed by atoms with E-state index in [1.54, 1.807) is 24.0 Å². The molecule has 2 N–H and O–H groups in total. The second-order valence-corrected chi connectivity index (χ2v) is 5.65. The van der Waals surface area contributed by atoms with E-state index >= 15 is 0 Å². The van der Waals surface area contributed by atoms with Crippen LogP contribution in [0.4, 0.5) is 5.69 Å². The molecule has 114 valence electrons. The number of piperidine rings is 1. The van der Waals surface area contributed by atoms with Crippen LogP contribution in [0, 0.1) is 17.0 Å². The summed E-state index contributed by atoms with van der Waals surface area (Å²) in [7, 11) is 0. The number of aryl methyl sites for hydroxylation is 1. The number of amides is 1. The largest absolute Gasteiger partial charge is 0.334 e. The first-order valence-corrected chi connectivity index (χ1v) is 7.24. The molecule has 1 heterocycles. The van der Waals surface area contributed by atoms with Gasteiger partial charge in [0.1, 0.15) is 5.56 Å². The molecule has 0 bridgehead atoms. The van der Waals surface area contributed by atoms with E-state index in [1.807, 2.05) is 6.92 Å². The molecule has 2 unspecified atom stereocenters. The molecule has 0 aromatic heterocycles. The van der Waals surface area contributed by atoms with Crippen LogP contribution in [-0.2, 0) is 0 Å². The van der Waals surface area contributed by atoms with E-state index in [2.05, 4.69) is 0 Å². The van der Waals surface area contributed by atoms with Gasteiger partial charge in [0.25, 0.3) is 11.6 Å². The Bertz CT molecular complexity index is 557. The van der Waals surface area contributed by atoms with Gasteiger partial charge >= 0.3 is 0 Å². The molecule has 1 aliphatic heterocycles. The van der Waals surface area contributed by atoms with Crippen molar-refractivity contribution in [2.75, 3.05) is 6.54 Å². The third kappa shape index (κ3) is 3.05. The lowest BCUT2D eigenvalue weighted by Gasteiger charge is -2.38. The molecule has 1 aromatic carbocycles. The van der Waals surface area contributed by atoms with Gasteiger partial charge in [-0.25, -0.2) is 0 Å². The van der Waals surface area contributed by atoms with Crippen LogP contribution < -0.4 is 5.73 Å². The van der Waals surface area contributed by atoms with Crippen LogP contribution in [0.1, 0.15) is 42.1 Å². The van der Waals surface area contributed by atoms with E-state index in [0.717, 1.165) is 19.3 Å². The van der Waals surface area contributed by atoms with E-state index < -0.39 is 4.92 Å². The first-order chi connectivity index (χ1) is 9.93. The number of nitro groups is 1. The number of hydrogen-bond donors (Lipinski definition) is 1. The molecule has 1 saturated heterocycles. The van der Waals surface area contributed by atoms with Gasteiger partial charge in [-0.05, 0) is 39.2 Å². The summed E-state index contributed by atoms with van der Waals surface area (Å²) in [6.45, 7) is 4.13. The van der Waals surface area contributed by atoms with Crippen LogP contribution in [0.3, 0.4) is 0 Å². The maximum absolute atomic E-state index is 12.8. The van der Waals surface area contributed by atoms with Crippen LogP contribution in [-0.4, -0.2) is 34.4 Å². The summed E-state index contributed by atoms with van der Waals surface area (Å²) in [6, 6.07) is 4.67. The number of carbonyl (C=O) groups is 1. The summed E-state index contributed by atoms with van der Waals surface area (Å²) >= 11 is 0. The molecule has 6 nitrogen and oxygen atoms in total. The number of rotatable bonds is 3. The summed E-state index contributed by atoms with van der Waals surface area (Å²) < 4.78 is 0. The Labute approximate surface area is 124 Å². The van der Waals surface area contributed by atoms with Crippen molar-refractivity contribution in [2.45, 2.75) is 45.2 Å². The molecule has 0 aliphatic carbocycles. The molecule has 1 fully saturated rings. The minimum atomic E-state index is -0.479. The monoisotopic (exact) mass is 291 g/mol. The molecule has 2 rings (SSSR count). The number of para-hydroxylation sites is 1. The van der Waals surface area contributed by atoms with Gasteiger partial charge in [0.15, 0.2) is 0 Å². The van der Waals surface area contributed by atoms with Crippen molar-refractivity contribution in [1.29, 1.82) is 0 Å². The Morgan fingerprint density at radius 2 is 2.19 bits per heavy atom. The Hall–Kier alpha value is -1.95. The van der Waals surface area contributed by atoms with E-state index in [4.69, 9.17) is 5.73 Å². The lowest BCUT2D eigenvalue weighted by molar-refractivity contribution is -0.385. The van der Waals surface area contributed by atoms with Gasteiger partial charge in [-0.1, -0.05) is 12.1 Å². The normalized spacial score (nSPS) is 20.1. The van der Waals surface area contributed by atoms with E-state index in [0.29, 0.717) is 12.1 Å². The number of benzene rings is 1. The van der Waals surface area contributed by atoms with E-state index in [9.17, 15) is 14.9 Å². The van der Waals surface area contributed by atoms with Crippen LogP contribution in [0.15, 0.2) is 18.2 Å². The minimum Gasteiger partial charge on any atom is -0.334 e. The van der Waals surface area contributed by atoms with Crippen LogP contribution >= 0.6 is 0 Å². The second-order valence-electron chi connectivity index (χ2n) is 5.65. The molecular weight excluding hydrogens is 270 g/mol. The fourth-order valence-corrected chi connectivity index (χ4v) is 2.98. The predicted octanol–water partition coefficient (Wildman–Crippen LogP) is 2.25. The van der Waals surface area contributed by atoms with Gasteiger partial charge in [0.2, 0.25) is 0 Å². The average Bonchev–Trinajstić information content (AvgIpc) is 2.45.